The number of halogens is 2. The van der Waals surface area contributed by atoms with E-state index in [9.17, 15) is 13.6 Å². The van der Waals surface area contributed by atoms with E-state index in [1.165, 1.54) is 4.90 Å². The Morgan fingerprint density at radius 2 is 2.14 bits per heavy atom. The van der Waals surface area contributed by atoms with Crippen molar-refractivity contribution >= 4 is 5.97 Å². The molecule has 0 saturated carbocycles. The molecular weight excluding hydrogens is 192 g/mol. The van der Waals surface area contributed by atoms with Crippen LogP contribution in [0.2, 0.25) is 0 Å². The third-order valence-corrected chi connectivity index (χ3v) is 2.52. The Morgan fingerprint density at radius 1 is 1.43 bits per heavy atom. The van der Waals surface area contributed by atoms with Gasteiger partial charge in [0.15, 0.2) is 0 Å². The number of likely N-dealkylation sites (tertiary alicyclic amines) is 1. The fourth-order valence-corrected chi connectivity index (χ4v) is 1.84. The van der Waals surface area contributed by atoms with Gasteiger partial charge in [-0.25, -0.2) is 8.78 Å². The Hall–Kier alpha value is -0.710. The summed E-state index contributed by atoms with van der Waals surface area (Å²) in [5.74, 6) is -0.979. The van der Waals surface area contributed by atoms with E-state index in [2.05, 4.69) is 0 Å². The van der Waals surface area contributed by atoms with Gasteiger partial charge >= 0.3 is 5.97 Å². The highest BCUT2D eigenvalue weighted by Gasteiger charge is 2.28. The van der Waals surface area contributed by atoms with Crippen LogP contribution in [-0.4, -0.2) is 41.5 Å². The number of hydrogen-bond acceptors (Lipinski definition) is 2. The van der Waals surface area contributed by atoms with E-state index in [4.69, 9.17) is 5.11 Å². The average Bonchev–Trinajstić information content (AvgIpc) is 2.28. The monoisotopic (exact) mass is 207 g/mol. The Kier molecular flexibility index (Phi) is 4.25. The molecule has 1 aliphatic rings. The quantitative estimate of drug-likeness (QED) is 0.763. The molecule has 1 heterocycles. The van der Waals surface area contributed by atoms with Gasteiger partial charge in [-0.05, 0) is 19.4 Å². The van der Waals surface area contributed by atoms with E-state index >= 15 is 0 Å². The topological polar surface area (TPSA) is 40.5 Å². The molecule has 1 rings (SSSR count). The minimum Gasteiger partial charge on any atom is -0.480 e. The van der Waals surface area contributed by atoms with Crippen molar-refractivity contribution in [3.05, 3.63) is 0 Å². The average molecular weight is 207 g/mol. The summed E-state index contributed by atoms with van der Waals surface area (Å²) in [6, 6.07) is -0.716. The van der Waals surface area contributed by atoms with Gasteiger partial charge in [0.2, 0.25) is 0 Å². The molecule has 0 aromatic rings. The summed E-state index contributed by atoms with van der Waals surface area (Å²) in [7, 11) is 0. The number of carboxylic acid groups (broad SMARTS) is 1. The largest absolute Gasteiger partial charge is 0.480 e. The van der Waals surface area contributed by atoms with Crippen molar-refractivity contribution in [1.82, 2.24) is 4.90 Å². The maximum absolute atomic E-state index is 12.2. The van der Waals surface area contributed by atoms with Crippen LogP contribution in [-0.2, 0) is 4.79 Å². The highest BCUT2D eigenvalue weighted by molar-refractivity contribution is 5.73. The maximum Gasteiger partial charge on any atom is 0.320 e. The first-order valence-electron chi connectivity index (χ1n) is 4.86. The molecule has 1 unspecified atom stereocenters. The van der Waals surface area contributed by atoms with Gasteiger partial charge < -0.3 is 5.11 Å². The zero-order valence-corrected chi connectivity index (χ0v) is 7.96. The zero-order chi connectivity index (χ0) is 10.6. The lowest BCUT2D eigenvalue weighted by atomic mass is 10.1. The number of alkyl halides is 2. The Labute approximate surface area is 81.7 Å². The molecule has 0 radical (unpaired) electrons. The van der Waals surface area contributed by atoms with Crippen molar-refractivity contribution in [3.63, 3.8) is 0 Å². The predicted molar refractivity (Wildman–Crippen MR) is 47.5 cm³/mol. The molecule has 3 nitrogen and oxygen atoms in total. The molecule has 0 aromatic heterocycles. The number of carboxylic acids is 1. The fourth-order valence-electron chi connectivity index (χ4n) is 1.84. The lowest BCUT2D eigenvalue weighted by Gasteiger charge is -2.25. The van der Waals surface area contributed by atoms with Crippen molar-refractivity contribution in [2.24, 2.45) is 0 Å². The molecular formula is C9H15F2NO2. The third kappa shape index (κ3) is 3.21. The molecule has 0 aliphatic carbocycles. The van der Waals surface area contributed by atoms with Crippen LogP contribution in [0.1, 0.15) is 25.7 Å². The summed E-state index contributed by atoms with van der Waals surface area (Å²) in [6.45, 7) is 0.0538. The second-order valence-corrected chi connectivity index (χ2v) is 3.59. The van der Waals surface area contributed by atoms with E-state index in [1.54, 1.807) is 0 Å². The van der Waals surface area contributed by atoms with Gasteiger partial charge in [0.05, 0.1) is 6.54 Å². The van der Waals surface area contributed by atoms with Crippen molar-refractivity contribution in [2.75, 3.05) is 13.1 Å². The van der Waals surface area contributed by atoms with Crippen LogP contribution in [0.5, 0.6) is 0 Å². The van der Waals surface area contributed by atoms with Crippen molar-refractivity contribution in [3.8, 4) is 0 Å². The molecule has 1 atom stereocenters. The third-order valence-electron chi connectivity index (χ3n) is 2.52. The molecule has 1 N–H and O–H groups in total. The first kappa shape index (κ1) is 11.4. The van der Waals surface area contributed by atoms with E-state index < -0.39 is 25.0 Å². The Bertz CT molecular complexity index is 199. The van der Waals surface area contributed by atoms with Gasteiger partial charge in [0, 0.05) is 0 Å². The molecule has 14 heavy (non-hydrogen) atoms. The van der Waals surface area contributed by atoms with Gasteiger partial charge in [-0.2, -0.15) is 0 Å². The highest BCUT2D eigenvalue weighted by Crippen LogP contribution is 2.17. The van der Waals surface area contributed by atoms with Crippen molar-refractivity contribution in [2.45, 2.75) is 38.2 Å². The Morgan fingerprint density at radius 3 is 2.71 bits per heavy atom. The molecule has 0 aromatic carbocycles. The number of nitrogens with zero attached hydrogens (tertiary/aromatic N) is 1. The van der Waals surface area contributed by atoms with E-state index in [0.29, 0.717) is 13.0 Å². The van der Waals surface area contributed by atoms with Gasteiger partial charge in [-0.3, -0.25) is 9.69 Å². The molecule has 5 heteroatoms. The summed E-state index contributed by atoms with van der Waals surface area (Å²) in [4.78, 5) is 12.2. The zero-order valence-electron chi connectivity index (χ0n) is 7.96. The van der Waals surface area contributed by atoms with Crippen LogP contribution >= 0.6 is 0 Å². The summed E-state index contributed by atoms with van der Waals surface area (Å²) >= 11 is 0. The summed E-state index contributed by atoms with van der Waals surface area (Å²) in [6.07, 6.45) is 0.605. The standard InChI is InChI=1S/C9H15F2NO2/c10-8(11)6-12-5-3-1-2-4-7(12)9(13)14/h7-8H,1-6H2,(H,13,14). The highest BCUT2D eigenvalue weighted by atomic mass is 19.3. The molecule has 1 saturated heterocycles. The van der Waals surface area contributed by atoms with E-state index in [0.717, 1.165) is 19.3 Å². The van der Waals surface area contributed by atoms with Gasteiger partial charge in [0.1, 0.15) is 6.04 Å². The lowest BCUT2D eigenvalue weighted by Crippen LogP contribution is -2.43. The molecule has 82 valence electrons. The van der Waals surface area contributed by atoms with Crippen molar-refractivity contribution < 1.29 is 18.7 Å². The van der Waals surface area contributed by atoms with Crippen LogP contribution < -0.4 is 0 Å². The molecule has 0 amide bonds. The second kappa shape index (κ2) is 5.24. The fraction of sp³-hybridized carbons (Fsp3) is 0.889. The summed E-state index contributed by atoms with van der Waals surface area (Å²) < 4.78 is 24.3. The summed E-state index contributed by atoms with van der Waals surface area (Å²) in [5.41, 5.74) is 0. The van der Waals surface area contributed by atoms with Gasteiger partial charge in [-0.1, -0.05) is 12.8 Å². The second-order valence-electron chi connectivity index (χ2n) is 3.59. The predicted octanol–water partition coefficient (Wildman–Crippen LogP) is 1.58. The number of hydrogen-bond donors (Lipinski definition) is 1. The summed E-state index contributed by atoms with van der Waals surface area (Å²) in [5, 5.41) is 8.86. The first-order valence-corrected chi connectivity index (χ1v) is 4.86. The lowest BCUT2D eigenvalue weighted by molar-refractivity contribution is -0.144. The van der Waals surface area contributed by atoms with E-state index in [1.807, 2.05) is 0 Å². The SMILES string of the molecule is O=C(O)C1CCCCCN1CC(F)F. The van der Waals surface area contributed by atoms with E-state index in [-0.39, 0.29) is 0 Å². The molecule has 0 spiro atoms. The smallest absolute Gasteiger partial charge is 0.320 e. The minimum absolute atomic E-state index is 0.420. The van der Waals surface area contributed by atoms with Crippen molar-refractivity contribution in [1.29, 1.82) is 0 Å². The van der Waals surface area contributed by atoms with Crippen LogP contribution in [0.25, 0.3) is 0 Å². The minimum atomic E-state index is -2.45. The number of aliphatic carboxylic acids is 1. The first-order chi connectivity index (χ1) is 6.61. The molecule has 1 fully saturated rings. The van der Waals surface area contributed by atoms with Gasteiger partial charge in [-0.15, -0.1) is 0 Å². The maximum atomic E-state index is 12.2. The van der Waals surface area contributed by atoms with Crippen LogP contribution in [0, 0.1) is 0 Å². The normalized spacial score (nSPS) is 24.9. The number of rotatable bonds is 3. The van der Waals surface area contributed by atoms with Crippen LogP contribution in [0.3, 0.4) is 0 Å². The Balaban J connectivity index is 2.59. The van der Waals surface area contributed by atoms with Crippen LogP contribution in [0.4, 0.5) is 8.78 Å². The number of carbonyl (C=O) groups is 1. The van der Waals surface area contributed by atoms with Gasteiger partial charge in [0.25, 0.3) is 6.43 Å². The van der Waals surface area contributed by atoms with Crippen LogP contribution in [0.15, 0.2) is 0 Å². The molecule has 0 bridgehead atoms. The molecule has 1 aliphatic heterocycles.